The van der Waals surface area contributed by atoms with E-state index in [2.05, 4.69) is 55.4 Å². The van der Waals surface area contributed by atoms with Gasteiger partial charge in [-0.05, 0) is 50.4 Å². The van der Waals surface area contributed by atoms with Gasteiger partial charge in [0.15, 0.2) is 0 Å². The fraction of sp³-hybridized carbons (Fsp3) is 0.667. The molecule has 2 heteroatoms. The SMILES string of the molecule is CCNC(CN(C)CC1CCCC1)c1ccccc1C. The molecule has 1 saturated carbocycles. The molecule has 0 spiro atoms. The highest BCUT2D eigenvalue weighted by Gasteiger charge is 2.19. The van der Waals surface area contributed by atoms with Gasteiger partial charge in [-0.25, -0.2) is 0 Å². The van der Waals surface area contributed by atoms with E-state index in [0.717, 1.165) is 19.0 Å². The van der Waals surface area contributed by atoms with E-state index in [1.165, 1.54) is 43.4 Å². The predicted molar refractivity (Wildman–Crippen MR) is 87.1 cm³/mol. The van der Waals surface area contributed by atoms with Crippen LogP contribution in [-0.4, -0.2) is 31.6 Å². The highest BCUT2D eigenvalue weighted by molar-refractivity contribution is 5.29. The molecule has 0 bridgehead atoms. The van der Waals surface area contributed by atoms with Crippen LogP contribution in [0.2, 0.25) is 0 Å². The van der Waals surface area contributed by atoms with Crippen LogP contribution in [0, 0.1) is 12.8 Å². The van der Waals surface area contributed by atoms with Crippen molar-refractivity contribution in [2.24, 2.45) is 5.92 Å². The van der Waals surface area contributed by atoms with Gasteiger partial charge in [-0.15, -0.1) is 0 Å². The maximum absolute atomic E-state index is 3.65. The lowest BCUT2D eigenvalue weighted by Gasteiger charge is -2.28. The predicted octanol–water partition coefficient (Wildman–Crippen LogP) is 3.77. The van der Waals surface area contributed by atoms with Gasteiger partial charge in [0.2, 0.25) is 0 Å². The summed E-state index contributed by atoms with van der Waals surface area (Å²) in [5.74, 6) is 0.930. The normalized spacial score (nSPS) is 17.8. The van der Waals surface area contributed by atoms with E-state index in [1.807, 2.05) is 0 Å². The van der Waals surface area contributed by atoms with Crippen molar-refractivity contribution in [1.29, 1.82) is 0 Å². The molecule has 1 fully saturated rings. The third-order valence-corrected chi connectivity index (χ3v) is 4.55. The quantitative estimate of drug-likeness (QED) is 0.814. The Morgan fingerprint density at radius 1 is 1.25 bits per heavy atom. The van der Waals surface area contributed by atoms with Crippen LogP contribution in [0.3, 0.4) is 0 Å². The highest BCUT2D eigenvalue weighted by atomic mass is 15.1. The van der Waals surface area contributed by atoms with E-state index < -0.39 is 0 Å². The monoisotopic (exact) mass is 274 g/mol. The molecule has 2 nitrogen and oxygen atoms in total. The Balaban J connectivity index is 1.96. The number of hydrogen-bond donors (Lipinski definition) is 1. The summed E-state index contributed by atoms with van der Waals surface area (Å²) >= 11 is 0. The van der Waals surface area contributed by atoms with Crippen molar-refractivity contribution in [2.75, 3.05) is 26.7 Å². The Morgan fingerprint density at radius 2 is 1.95 bits per heavy atom. The van der Waals surface area contributed by atoms with Gasteiger partial charge in [0.25, 0.3) is 0 Å². The molecule has 1 aromatic rings. The van der Waals surface area contributed by atoms with E-state index >= 15 is 0 Å². The summed E-state index contributed by atoms with van der Waals surface area (Å²) in [6.07, 6.45) is 5.74. The molecule has 0 saturated heterocycles. The fourth-order valence-electron chi connectivity index (χ4n) is 3.52. The largest absolute Gasteiger partial charge is 0.309 e. The van der Waals surface area contributed by atoms with E-state index in [-0.39, 0.29) is 0 Å². The molecule has 1 unspecified atom stereocenters. The van der Waals surface area contributed by atoms with Crippen LogP contribution in [0.25, 0.3) is 0 Å². The molecule has 2 rings (SSSR count). The minimum Gasteiger partial charge on any atom is -0.309 e. The van der Waals surface area contributed by atoms with Crippen LogP contribution in [0.4, 0.5) is 0 Å². The van der Waals surface area contributed by atoms with E-state index in [0.29, 0.717) is 6.04 Å². The highest BCUT2D eigenvalue weighted by Crippen LogP contribution is 2.26. The number of likely N-dealkylation sites (N-methyl/N-ethyl adjacent to an activating group) is 2. The van der Waals surface area contributed by atoms with Crippen molar-refractivity contribution in [3.05, 3.63) is 35.4 Å². The molecule has 0 aromatic heterocycles. The molecule has 112 valence electrons. The maximum atomic E-state index is 3.65. The second kappa shape index (κ2) is 7.80. The minimum absolute atomic E-state index is 0.451. The first kappa shape index (κ1) is 15.5. The molecule has 1 atom stereocenters. The van der Waals surface area contributed by atoms with Crippen LogP contribution in [0.5, 0.6) is 0 Å². The lowest BCUT2D eigenvalue weighted by molar-refractivity contribution is 0.250. The summed E-state index contributed by atoms with van der Waals surface area (Å²) in [4.78, 5) is 2.52. The van der Waals surface area contributed by atoms with Crippen molar-refractivity contribution in [3.8, 4) is 0 Å². The summed E-state index contributed by atoms with van der Waals surface area (Å²) < 4.78 is 0. The molecule has 0 aliphatic heterocycles. The van der Waals surface area contributed by atoms with Gasteiger partial charge in [0, 0.05) is 19.1 Å². The molecule has 0 radical (unpaired) electrons. The Hall–Kier alpha value is -0.860. The lowest BCUT2D eigenvalue weighted by atomic mass is 10.00. The Morgan fingerprint density at radius 3 is 2.60 bits per heavy atom. The fourth-order valence-corrected chi connectivity index (χ4v) is 3.52. The molecule has 0 heterocycles. The molecule has 0 amide bonds. The molecule has 20 heavy (non-hydrogen) atoms. The van der Waals surface area contributed by atoms with Gasteiger partial charge in [-0.1, -0.05) is 44.0 Å². The number of aryl methyl sites for hydroxylation is 1. The van der Waals surface area contributed by atoms with Crippen molar-refractivity contribution >= 4 is 0 Å². The number of benzene rings is 1. The van der Waals surface area contributed by atoms with Crippen molar-refractivity contribution in [3.63, 3.8) is 0 Å². The second-order valence-electron chi connectivity index (χ2n) is 6.34. The van der Waals surface area contributed by atoms with Gasteiger partial charge in [-0.2, -0.15) is 0 Å². The maximum Gasteiger partial charge on any atom is 0.0451 e. The van der Waals surface area contributed by atoms with Gasteiger partial charge < -0.3 is 10.2 Å². The summed E-state index contributed by atoms with van der Waals surface area (Å²) in [6.45, 7) is 7.80. The van der Waals surface area contributed by atoms with Gasteiger partial charge >= 0.3 is 0 Å². The molecule has 1 aliphatic rings. The zero-order valence-electron chi connectivity index (χ0n) is 13.4. The molecule has 1 aromatic carbocycles. The molecule has 1 N–H and O–H groups in total. The molecular weight excluding hydrogens is 244 g/mol. The number of nitrogens with zero attached hydrogens (tertiary/aromatic N) is 1. The third kappa shape index (κ3) is 4.32. The summed E-state index contributed by atoms with van der Waals surface area (Å²) in [5, 5.41) is 3.65. The van der Waals surface area contributed by atoms with Crippen molar-refractivity contribution in [2.45, 2.75) is 45.6 Å². The van der Waals surface area contributed by atoms with Crippen LogP contribution in [0.1, 0.15) is 49.8 Å². The van der Waals surface area contributed by atoms with Gasteiger partial charge in [0.1, 0.15) is 0 Å². The summed E-state index contributed by atoms with van der Waals surface area (Å²) in [7, 11) is 2.28. The smallest absolute Gasteiger partial charge is 0.0451 e. The first-order valence-electron chi connectivity index (χ1n) is 8.18. The first-order chi connectivity index (χ1) is 9.70. The second-order valence-corrected chi connectivity index (χ2v) is 6.34. The van der Waals surface area contributed by atoms with Gasteiger partial charge in [0.05, 0.1) is 0 Å². The van der Waals surface area contributed by atoms with E-state index in [1.54, 1.807) is 0 Å². The number of nitrogens with one attached hydrogen (secondary N) is 1. The average Bonchev–Trinajstić information content (AvgIpc) is 2.91. The van der Waals surface area contributed by atoms with Gasteiger partial charge in [-0.3, -0.25) is 0 Å². The van der Waals surface area contributed by atoms with Crippen molar-refractivity contribution < 1.29 is 0 Å². The summed E-state index contributed by atoms with van der Waals surface area (Å²) in [6, 6.07) is 9.23. The number of rotatable bonds is 7. The zero-order valence-corrected chi connectivity index (χ0v) is 13.4. The summed E-state index contributed by atoms with van der Waals surface area (Å²) in [5.41, 5.74) is 2.85. The van der Waals surface area contributed by atoms with Crippen LogP contribution >= 0.6 is 0 Å². The standard InChI is InChI=1S/C18H30N2/c1-4-19-18(17-12-8-5-9-15(17)2)14-20(3)13-16-10-6-7-11-16/h5,8-9,12,16,18-19H,4,6-7,10-11,13-14H2,1-3H3. The third-order valence-electron chi connectivity index (χ3n) is 4.55. The molecule has 1 aliphatic carbocycles. The number of hydrogen-bond acceptors (Lipinski definition) is 2. The van der Waals surface area contributed by atoms with E-state index in [4.69, 9.17) is 0 Å². The van der Waals surface area contributed by atoms with Crippen LogP contribution in [0.15, 0.2) is 24.3 Å². The Kier molecular flexibility index (Phi) is 6.06. The Labute approximate surface area is 124 Å². The zero-order chi connectivity index (χ0) is 14.4. The Bertz CT molecular complexity index is 396. The van der Waals surface area contributed by atoms with Crippen LogP contribution in [-0.2, 0) is 0 Å². The van der Waals surface area contributed by atoms with E-state index in [9.17, 15) is 0 Å². The van der Waals surface area contributed by atoms with Crippen LogP contribution < -0.4 is 5.32 Å². The molecular formula is C18H30N2. The minimum atomic E-state index is 0.451. The lowest BCUT2D eigenvalue weighted by Crippen LogP contribution is -2.35. The first-order valence-corrected chi connectivity index (χ1v) is 8.18. The topological polar surface area (TPSA) is 15.3 Å². The van der Waals surface area contributed by atoms with Crippen molar-refractivity contribution in [1.82, 2.24) is 10.2 Å². The average molecular weight is 274 g/mol.